The van der Waals surface area contributed by atoms with E-state index in [2.05, 4.69) is 10.3 Å². The molecule has 0 radical (unpaired) electrons. The molecule has 1 aliphatic rings. The largest absolute Gasteiger partial charge is 0.353 e. The molecule has 4 nitrogen and oxygen atoms in total. The van der Waals surface area contributed by atoms with Crippen molar-refractivity contribution in [1.29, 1.82) is 0 Å². The number of amides is 1. The van der Waals surface area contributed by atoms with Gasteiger partial charge < -0.3 is 9.88 Å². The van der Waals surface area contributed by atoms with E-state index in [9.17, 15) is 4.79 Å². The van der Waals surface area contributed by atoms with Crippen LogP contribution in [-0.2, 0) is 11.2 Å². The van der Waals surface area contributed by atoms with Crippen molar-refractivity contribution in [3.8, 4) is 5.13 Å². The Bertz CT molecular complexity index is 514. The van der Waals surface area contributed by atoms with Crippen LogP contribution in [0.4, 0.5) is 0 Å². The molecule has 1 amide bonds. The van der Waals surface area contributed by atoms with Crippen molar-refractivity contribution in [3.63, 3.8) is 0 Å². The molecule has 1 aliphatic carbocycles. The topological polar surface area (TPSA) is 46.9 Å². The Hall–Kier alpha value is -1.62. The molecule has 0 unspecified atom stereocenters. The fraction of sp³-hybridized carbons (Fsp3) is 0.333. The van der Waals surface area contributed by atoms with Gasteiger partial charge in [0.15, 0.2) is 5.13 Å². The van der Waals surface area contributed by atoms with Crippen molar-refractivity contribution in [3.05, 3.63) is 35.6 Å². The molecular weight excluding hydrogens is 234 g/mol. The molecule has 1 saturated carbocycles. The number of hydrogen-bond donors (Lipinski definition) is 1. The summed E-state index contributed by atoms with van der Waals surface area (Å²) in [7, 11) is 0. The molecule has 0 saturated heterocycles. The molecule has 3 rings (SSSR count). The average Bonchev–Trinajstić information content (AvgIpc) is 2.84. The molecule has 2 aromatic heterocycles. The Morgan fingerprint density at radius 3 is 2.94 bits per heavy atom. The molecular formula is C12H13N3OS. The first-order valence-corrected chi connectivity index (χ1v) is 6.56. The zero-order valence-electron chi connectivity index (χ0n) is 9.30. The van der Waals surface area contributed by atoms with E-state index >= 15 is 0 Å². The minimum Gasteiger partial charge on any atom is -0.353 e. The second-order valence-electron chi connectivity index (χ2n) is 4.23. The maximum atomic E-state index is 11.6. The summed E-state index contributed by atoms with van der Waals surface area (Å²) in [5.74, 6) is 0.0804. The van der Waals surface area contributed by atoms with E-state index in [1.807, 2.05) is 34.5 Å². The summed E-state index contributed by atoms with van der Waals surface area (Å²) >= 11 is 1.56. The molecule has 0 bridgehead atoms. The van der Waals surface area contributed by atoms with Crippen LogP contribution in [0.3, 0.4) is 0 Å². The molecule has 2 heterocycles. The van der Waals surface area contributed by atoms with Gasteiger partial charge in [0.1, 0.15) is 0 Å². The summed E-state index contributed by atoms with van der Waals surface area (Å²) in [4.78, 5) is 16.0. The summed E-state index contributed by atoms with van der Waals surface area (Å²) < 4.78 is 1.95. The molecule has 5 heteroatoms. The molecule has 1 N–H and O–H groups in total. The minimum absolute atomic E-state index is 0.0804. The predicted octanol–water partition coefficient (Wildman–Crippen LogP) is 1.75. The number of aromatic nitrogens is 2. The van der Waals surface area contributed by atoms with Crippen molar-refractivity contribution >= 4 is 17.2 Å². The van der Waals surface area contributed by atoms with Gasteiger partial charge in [-0.05, 0) is 25.0 Å². The van der Waals surface area contributed by atoms with Crippen LogP contribution in [0.25, 0.3) is 5.13 Å². The van der Waals surface area contributed by atoms with Gasteiger partial charge in [-0.3, -0.25) is 4.79 Å². The van der Waals surface area contributed by atoms with Gasteiger partial charge in [0.05, 0.1) is 12.1 Å². The highest BCUT2D eigenvalue weighted by Gasteiger charge is 2.23. The minimum atomic E-state index is 0.0804. The number of rotatable bonds is 4. The summed E-state index contributed by atoms with van der Waals surface area (Å²) in [5, 5.41) is 5.82. The van der Waals surface area contributed by atoms with Gasteiger partial charge >= 0.3 is 0 Å². The monoisotopic (exact) mass is 247 g/mol. The Kier molecular flexibility index (Phi) is 2.68. The standard InChI is InChI=1S/C12H13N3OS/c16-11(13-9-3-4-9)7-10-8-17-12(14-10)15-5-1-2-6-15/h1-2,5-6,8-9H,3-4,7H2,(H,13,16). The highest BCUT2D eigenvalue weighted by Crippen LogP contribution is 2.19. The van der Waals surface area contributed by atoms with E-state index in [1.54, 1.807) is 11.3 Å². The number of carbonyl (C=O) groups excluding carboxylic acids is 1. The fourth-order valence-electron chi connectivity index (χ4n) is 1.63. The van der Waals surface area contributed by atoms with Crippen molar-refractivity contribution in [1.82, 2.24) is 14.9 Å². The average molecular weight is 247 g/mol. The van der Waals surface area contributed by atoms with Crippen LogP contribution in [0.5, 0.6) is 0 Å². The molecule has 1 fully saturated rings. The van der Waals surface area contributed by atoms with Crippen LogP contribution in [0.15, 0.2) is 29.9 Å². The third-order valence-corrected chi connectivity index (χ3v) is 3.55. The maximum Gasteiger partial charge on any atom is 0.226 e. The SMILES string of the molecule is O=C(Cc1csc(-n2cccc2)n1)NC1CC1. The number of nitrogens with zero attached hydrogens (tertiary/aromatic N) is 2. The molecule has 2 aromatic rings. The van der Waals surface area contributed by atoms with E-state index in [0.29, 0.717) is 12.5 Å². The zero-order chi connectivity index (χ0) is 11.7. The van der Waals surface area contributed by atoms with Crippen molar-refractivity contribution in [2.24, 2.45) is 0 Å². The van der Waals surface area contributed by atoms with Gasteiger partial charge in [0, 0.05) is 23.8 Å². The lowest BCUT2D eigenvalue weighted by Gasteiger charge is -2.00. The maximum absolute atomic E-state index is 11.6. The quantitative estimate of drug-likeness (QED) is 0.894. The molecule has 0 aliphatic heterocycles. The Morgan fingerprint density at radius 1 is 1.47 bits per heavy atom. The van der Waals surface area contributed by atoms with Crippen molar-refractivity contribution < 1.29 is 4.79 Å². The molecule has 0 aromatic carbocycles. The second-order valence-corrected chi connectivity index (χ2v) is 5.07. The Morgan fingerprint density at radius 2 is 2.24 bits per heavy atom. The zero-order valence-corrected chi connectivity index (χ0v) is 10.1. The van der Waals surface area contributed by atoms with Gasteiger partial charge in [0.25, 0.3) is 0 Å². The second kappa shape index (κ2) is 4.33. The normalized spacial score (nSPS) is 14.8. The summed E-state index contributed by atoms with van der Waals surface area (Å²) in [6.45, 7) is 0. The van der Waals surface area contributed by atoms with Crippen LogP contribution in [-0.4, -0.2) is 21.5 Å². The molecule has 0 spiro atoms. The first-order valence-electron chi connectivity index (χ1n) is 5.68. The summed E-state index contributed by atoms with van der Waals surface area (Å²) in [5.41, 5.74) is 0.844. The van der Waals surface area contributed by atoms with Crippen molar-refractivity contribution in [2.75, 3.05) is 0 Å². The first-order chi connectivity index (χ1) is 8.31. The number of hydrogen-bond acceptors (Lipinski definition) is 3. The van der Waals surface area contributed by atoms with Gasteiger partial charge in [-0.1, -0.05) is 0 Å². The van der Waals surface area contributed by atoms with E-state index in [-0.39, 0.29) is 5.91 Å². The summed E-state index contributed by atoms with van der Waals surface area (Å²) in [6.07, 6.45) is 6.53. The van der Waals surface area contributed by atoms with Crippen LogP contribution in [0, 0.1) is 0 Å². The van der Waals surface area contributed by atoms with Gasteiger partial charge in [0.2, 0.25) is 5.91 Å². The van der Waals surface area contributed by atoms with Crippen LogP contribution in [0.1, 0.15) is 18.5 Å². The van der Waals surface area contributed by atoms with Gasteiger partial charge in [-0.15, -0.1) is 11.3 Å². The Labute approximate surface area is 103 Å². The highest BCUT2D eigenvalue weighted by atomic mass is 32.1. The van der Waals surface area contributed by atoms with Gasteiger partial charge in [-0.2, -0.15) is 0 Å². The smallest absolute Gasteiger partial charge is 0.226 e. The van der Waals surface area contributed by atoms with E-state index in [0.717, 1.165) is 23.7 Å². The Balaban J connectivity index is 1.65. The first kappa shape index (κ1) is 10.5. The molecule has 88 valence electrons. The third kappa shape index (κ3) is 2.55. The lowest BCUT2D eigenvalue weighted by Crippen LogP contribution is -2.27. The van der Waals surface area contributed by atoms with E-state index < -0.39 is 0 Å². The van der Waals surface area contributed by atoms with E-state index in [1.165, 1.54) is 0 Å². The third-order valence-electron chi connectivity index (χ3n) is 2.65. The number of thiazole rings is 1. The van der Waals surface area contributed by atoms with Gasteiger partial charge in [-0.25, -0.2) is 4.98 Å². The molecule has 17 heavy (non-hydrogen) atoms. The summed E-state index contributed by atoms with van der Waals surface area (Å²) in [6, 6.07) is 4.34. The van der Waals surface area contributed by atoms with Crippen LogP contribution < -0.4 is 5.32 Å². The molecule has 0 atom stereocenters. The van der Waals surface area contributed by atoms with Crippen LogP contribution in [0.2, 0.25) is 0 Å². The number of nitrogens with one attached hydrogen (secondary N) is 1. The predicted molar refractivity (Wildman–Crippen MR) is 66.3 cm³/mol. The fourth-order valence-corrected chi connectivity index (χ4v) is 2.42. The van der Waals surface area contributed by atoms with E-state index in [4.69, 9.17) is 0 Å². The highest BCUT2D eigenvalue weighted by molar-refractivity contribution is 7.12. The number of carbonyl (C=O) groups is 1. The lowest BCUT2D eigenvalue weighted by atomic mass is 10.3. The van der Waals surface area contributed by atoms with Crippen LogP contribution >= 0.6 is 11.3 Å². The van der Waals surface area contributed by atoms with Crippen molar-refractivity contribution in [2.45, 2.75) is 25.3 Å². The lowest BCUT2D eigenvalue weighted by molar-refractivity contribution is -0.120.